The molecule has 0 aliphatic carbocycles. The van der Waals surface area contributed by atoms with E-state index in [4.69, 9.17) is 9.84 Å². The fraction of sp³-hybridized carbons (Fsp3) is 0.462. The first kappa shape index (κ1) is 14.8. The van der Waals surface area contributed by atoms with Gasteiger partial charge in [0.15, 0.2) is 0 Å². The average molecular weight is 299 g/mol. The Kier molecular flexibility index (Phi) is 4.29. The molecule has 1 atom stereocenters. The SMILES string of the molecule is COc1ccc(S(=O)(=O)N2CCC[C@@H](C(=O)O)C2)cc1. The van der Waals surface area contributed by atoms with Crippen molar-refractivity contribution >= 4 is 16.0 Å². The molecule has 0 spiro atoms. The molecule has 1 aliphatic heterocycles. The summed E-state index contributed by atoms with van der Waals surface area (Å²) < 4.78 is 31.1. The molecule has 7 heteroatoms. The van der Waals surface area contributed by atoms with Gasteiger partial charge in [0, 0.05) is 13.1 Å². The van der Waals surface area contributed by atoms with E-state index < -0.39 is 21.9 Å². The number of hydrogen-bond donors (Lipinski definition) is 1. The molecular weight excluding hydrogens is 282 g/mol. The number of carboxylic acid groups (broad SMARTS) is 1. The zero-order valence-electron chi connectivity index (χ0n) is 11.2. The largest absolute Gasteiger partial charge is 0.497 e. The highest BCUT2D eigenvalue weighted by Gasteiger charge is 2.33. The lowest BCUT2D eigenvalue weighted by Gasteiger charge is -2.29. The molecule has 1 aromatic rings. The minimum atomic E-state index is -3.64. The van der Waals surface area contributed by atoms with E-state index in [1.807, 2.05) is 0 Å². The minimum absolute atomic E-state index is 0.0314. The van der Waals surface area contributed by atoms with E-state index in [1.54, 1.807) is 12.1 Å². The Morgan fingerprint density at radius 3 is 2.55 bits per heavy atom. The Hall–Kier alpha value is -1.60. The molecule has 1 N–H and O–H groups in total. The van der Waals surface area contributed by atoms with Crippen LogP contribution in [0.2, 0.25) is 0 Å². The molecule has 1 aliphatic rings. The van der Waals surface area contributed by atoms with Crippen LogP contribution >= 0.6 is 0 Å². The van der Waals surface area contributed by atoms with Gasteiger partial charge < -0.3 is 9.84 Å². The number of ether oxygens (including phenoxy) is 1. The molecule has 110 valence electrons. The van der Waals surface area contributed by atoms with Crippen LogP contribution in [0.25, 0.3) is 0 Å². The average Bonchev–Trinajstić information content (AvgIpc) is 2.47. The zero-order valence-corrected chi connectivity index (χ0v) is 12.0. The van der Waals surface area contributed by atoms with Gasteiger partial charge in [-0.1, -0.05) is 0 Å². The second-order valence-electron chi connectivity index (χ2n) is 4.72. The maximum absolute atomic E-state index is 12.4. The highest BCUT2D eigenvalue weighted by molar-refractivity contribution is 7.89. The maximum Gasteiger partial charge on any atom is 0.307 e. The van der Waals surface area contributed by atoms with Crippen molar-refractivity contribution in [2.24, 2.45) is 5.92 Å². The Morgan fingerprint density at radius 2 is 2.00 bits per heavy atom. The van der Waals surface area contributed by atoms with Crippen molar-refractivity contribution in [3.8, 4) is 5.75 Å². The Bertz CT molecular complexity index is 581. The first-order valence-corrected chi connectivity index (χ1v) is 7.76. The van der Waals surface area contributed by atoms with Gasteiger partial charge in [0.05, 0.1) is 17.9 Å². The summed E-state index contributed by atoms with van der Waals surface area (Å²) in [6, 6.07) is 6.09. The standard InChI is InChI=1S/C13H17NO5S/c1-19-11-4-6-12(7-5-11)20(17,18)14-8-2-3-10(9-14)13(15)16/h4-7,10H,2-3,8-9H2,1H3,(H,15,16)/t10-/m1/s1. The van der Waals surface area contributed by atoms with Gasteiger partial charge >= 0.3 is 5.97 Å². The second kappa shape index (κ2) is 5.80. The third kappa shape index (κ3) is 2.94. The summed E-state index contributed by atoms with van der Waals surface area (Å²) in [6.07, 6.45) is 1.08. The third-order valence-corrected chi connectivity index (χ3v) is 5.31. The lowest BCUT2D eigenvalue weighted by molar-refractivity contribution is -0.142. The number of nitrogens with zero attached hydrogens (tertiary/aromatic N) is 1. The van der Waals surface area contributed by atoms with Crippen molar-refractivity contribution in [2.75, 3.05) is 20.2 Å². The van der Waals surface area contributed by atoms with Crippen LogP contribution in [0.15, 0.2) is 29.2 Å². The van der Waals surface area contributed by atoms with E-state index in [0.717, 1.165) is 0 Å². The molecule has 1 fully saturated rings. The molecule has 0 aromatic heterocycles. The quantitative estimate of drug-likeness (QED) is 0.902. The first-order valence-electron chi connectivity index (χ1n) is 6.32. The number of carboxylic acids is 1. The van der Waals surface area contributed by atoms with Crippen LogP contribution in [-0.4, -0.2) is 44.0 Å². The van der Waals surface area contributed by atoms with Gasteiger partial charge in [-0.25, -0.2) is 8.42 Å². The molecule has 1 aromatic carbocycles. The number of sulfonamides is 1. The van der Waals surface area contributed by atoms with Crippen molar-refractivity contribution in [2.45, 2.75) is 17.7 Å². The van der Waals surface area contributed by atoms with Crippen LogP contribution in [0.4, 0.5) is 0 Å². The number of rotatable bonds is 4. The number of aliphatic carboxylic acids is 1. The van der Waals surface area contributed by atoms with Crippen LogP contribution in [0.1, 0.15) is 12.8 Å². The lowest BCUT2D eigenvalue weighted by atomic mass is 10.0. The van der Waals surface area contributed by atoms with Crippen LogP contribution in [0.3, 0.4) is 0 Å². The van der Waals surface area contributed by atoms with Crippen LogP contribution in [-0.2, 0) is 14.8 Å². The predicted octanol–water partition coefficient (Wildman–Crippen LogP) is 1.18. The number of methoxy groups -OCH3 is 1. The number of benzene rings is 1. The Labute approximate surface area is 118 Å². The van der Waals surface area contributed by atoms with E-state index in [2.05, 4.69) is 0 Å². The molecule has 0 unspecified atom stereocenters. The molecule has 20 heavy (non-hydrogen) atoms. The molecule has 0 amide bonds. The number of piperidine rings is 1. The lowest BCUT2D eigenvalue weighted by Crippen LogP contribution is -2.42. The van der Waals surface area contributed by atoms with Gasteiger partial charge in [-0.3, -0.25) is 4.79 Å². The van der Waals surface area contributed by atoms with Crippen molar-refractivity contribution in [3.63, 3.8) is 0 Å². The molecule has 6 nitrogen and oxygen atoms in total. The molecule has 1 heterocycles. The van der Waals surface area contributed by atoms with E-state index in [-0.39, 0.29) is 11.4 Å². The van der Waals surface area contributed by atoms with Gasteiger partial charge in [-0.15, -0.1) is 0 Å². The van der Waals surface area contributed by atoms with Crippen LogP contribution < -0.4 is 4.74 Å². The molecule has 0 radical (unpaired) electrons. The smallest absolute Gasteiger partial charge is 0.307 e. The summed E-state index contributed by atoms with van der Waals surface area (Å²) in [5, 5.41) is 9.02. The van der Waals surface area contributed by atoms with Crippen molar-refractivity contribution in [1.29, 1.82) is 0 Å². The van der Waals surface area contributed by atoms with Gasteiger partial charge in [-0.05, 0) is 37.1 Å². The van der Waals surface area contributed by atoms with E-state index >= 15 is 0 Å². The molecular formula is C13H17NO5S. The molecule has 0 saturated carbocycles. The van der Waals surface area contributed by atoms with E-state index in [0.29, 0.717) is 25.1 Å². The van der Waals surface area contributed by atoms with Gasteiger partial charge in [0.2, 0.25) is 10.0 Å². The summed E-state index contributed by atoms with van der Waals surface area (Å²) >= 11 is 0. The first-order chi connectivity index (χ1) is 9.45. The monoisotopic (exact) mass is 299 g/mol. The molecule has 1 saturated heterocycles. The third-order valence-electron chi connectivity index (χ3n) is 3.43. The second-order valence-corrected chi connectivity index (χ2v) is 6.65. The highest BCUT2D eigenvalue weighted by Crippen LogP contribution is 2.25. The summed E-state index contributed by atoms with van der Waals surface area (Å²) in [5.41, 5.74) is 0. The Balaban J connectivity index is 2.22. The van der Waals surface area contributed by atoms with E-state index in [9.17, 15) is 13.2 Å². The molecule has 0 bridgehead atoms. The van der Waals surface area contributed by atoms with Crippen LogP contribution in [0, 0.1) is 5.92 Å². The topological polar surface area (TPSA) is 83.9 Å². The van der Waals surface area contributed by atoms with Crippen molar-refractivity contribution < 1.29 is 23.1 Å². The summed E-state index contributed by atoms with van der Waals surface area (Å²) in [7, 11) is -2.13. The highest BCUT2D eigenvalue weighted by atomic mass is 32.2. The summed E-state index contributed by atoms with van der Waals surface area (Å²) in [4.78, 5) is 11.2. The fourth-order valence-corrected chi connectivity index (χ4v) is 3.78. The normalized spacial score (nSPS) is 20.6. The van der Waals surface area contributed by atoms with Gasteiger partial charge in [0.1, 0.15) is 5.75 Å². The predicted molar refractivity (Wildman–Crippen MR) is 72.1 cm³/mol. The summed E-state index contributed by atoms with van der Waals surface area (Å²) in [5.74, 6) is -0.998. The Morgan fingerprint density at radius 1 is 1.35 bits per heavy atom. The van der Waals surface area contributed by atoms with Crippen molar-refractivity contribution in [3.05, 3.63) is 24.3 Å². The van der Waals surface area contributed by atoms with Gasteiger partial charge in [0.25, 0.3) is 0 Å². The fourth-order valence-electron chi connectivity index (χ4n) is 2.26. The van der Waals surface area contributed by atoms with Crippen molar-refractivity contribution in [1.82, 2.24) is 4.31 Å². The maximum atomic E-state index is 12.4. The number of carbonyl (C=O) groups is 1. The molecule has 2 rings (SSSR count). The minimum Gasteiger partial charge on any atom is -0.497 e. The van der Waals surface area contributed by atoms with Crippen LogP contribution in [0.5, 0.6) is 5.75 Å². The summed E-state index contributed by atoms with van der Waals surface area (Å²) in [6.45, 7) is 0.391. The zero-order chi connectivity index (χ0) is 14.8. The number of hydrogen-bond acceptors (Lipinski definition) is 4. The van der Waals surface area contributed by atoms with E-state index in [1.165, 1.54) is 23.5 Å². The van der Waals surface area contributed by atoms with Gasteiger partial charge in [-0.2, -0.15) is 4.31 Å².